The molecule has 1 heterocycles. The van der Waals surface area contributed by atoms with Crippen LogP contribution in [0.5, 0.6) is 5.75 Å². The SMILES string of the molecule is CS(=O)(=O)N[C@H]1CC[C@](Cc2ccc(F)c(-c3cccc(Cl)c3OCc3ccccc3)c2)(c2nc(CCl)co2)C1. The zero-order valence-electron chi connectivity index (χ0n) is 21.9. The summed E-state index contributed by atoms with van der Waals surface area (Å²) in [6, 6.07) is 19.6. The highest BCUT2D eigenvalue weighted by Crippen LogP contribution is 2.45. The van der Waals surface area contributed by atoms with Gasteiger partial charge in [0.2, 0.25) is 15.9 Å². The number of nitrogens with zero attached hydrogens (tertiary/aromatic N) is 1. The van der Waals surface area contributed by atoms with Crippen molar-refractivity contribution in [2.45, 2.75) is 49.6 Å². The largest absolute Gasteiger partial charge is 0.487 e. The van der Waals surface area contributed by atoms with E-state index in [2.05, 4.69) is 9.71 Å². The Morgan fingerprint density at radius 1 is 1.10 bits per heavy atom. The molecule has 0 amide bonds. The summed E-state index contributed by atoms with van der Waals surface area (Å²) in [6.45, 7) is 0.282. The van der Waals surface area contributed by atoms with Crippen LogP contribution in [-0.2, 0) is 34.3 Å². The molecule has 0 bridgehead atoms. The van der Waals surface area contributed by atoms with Crippen LogP contribution in [-0.4, -0.2) is 25.7 Å². The molecule has 0 spiro atoms. The zero-order valence-corrected chi connectivity index (χ0v) is 24.2. The van der Waals surface area contributed by atoms with Crippen molar-refractivity contribution < 1.29 is 22.0 Å². The summed E-state index contributed by atoms with van der Waals surface area (Å²) in [5.41, 5.74) is 2.72. The first-order chi connectivity index (χ1) is 19.2. The number of alkyl halides is 1. The van der Waals surface area contributed by atoms with Crippen LogP contribution >= 0.6 is 23.2 Å². The van der Waals surface area contributed by atoms with E-state index >= 15 is 4.39 Å². The second-order valence-corrected chi connectivity index (χ2v) is 12.7. The molecule has 0 saturated heterocycles. The van der Waals surface area contributed by atoms with Gasteiger partial charge in [-0.2, -0.15) is 0 Å². The molecular weight excluding hydrogens is 574 g/mol. The molecule has 210 valence electrons. The van der Waals surface area contributed by atoms with Crippen molar-refractivity contribution in [3.8, 4) is 16.9 Å². The van der Waals surface area contributed by atoms with Crippen molar-refractivity contribution in [3.63, 3.8) is 0 Å². The fourth-order valence-electron chi connectivity index (χ4n) is 5.45. The molecule has 1 aromatic heterocycles. The molecule has 1 N–H and O–H groups in total. The molecule has 3 aromatic carbocycles. The highest BCUT2D eigenvalue weighted by Gasteiger charge is 2.45. The minimum absolute atomic E-state index is 0.200. The third kappa shape index (κ3) is 6.52. The van der Waals surface area contributed by atoms with Gasteiger partial charge < -0.3 is 9.15 Å². The Balaban J connectivity index is 1.48. The summed E-state index contributed by atoms with van der Waals surface area (Å²) < 4.78 is 53.9. The number of halogens is 3. The summed E-state index contributed by atoms with van der Waals surface area (Å²) in [7, 11) is -3.39. The van der Waals surface area contributed by atoms with Gasteiger partial charge in [-0.3, -0.25) is 0 Å². The van der Waals surface area contributed by atoms with E-state index in [0.29, 0.717) is 59.2 Å². The molecule has 6 nitrogen and oxygen atoms in total. The lowest BCUT2D eigenvalue weighted by Crippen LogP contribution is -2.35. The standard InChI is InChI=1S/C30H29Cl2FN2O4S/c1-40(36,37)35-22-12-13-30(16-22,29-34-23(17-31)19-39-29)15-21-10-11-27(33)25(14-21)24-8-5-9-26(32)28(24)38-18-20-6-3-2-4-7-20/h2-11,14,19,22,35H,12-13,15-18H2,1H3/t22-,30+/m0/s1. The number of benzene rings is 3. The number of nitrogens with one attached hydrogen (secondary N) is 1. The molecular formula is C30H29Cl2FN2O4S. The average Bonchev–Trinajstić information content (AvgIpc) is 3.57. The number of aromatic nitrogens is 1. The van der Waals surface area contributed by atoms with Crippen LogP contribution < -0.4 is 9.46 Å². The fourth-order valence-corrected chi connectivity index (χ4v) is 6.61. The van der Waals surface area contributed by atoms with Gasteiger partial charge in [-0.05, 0) is 55.0 Å². The number of hydrogen-bond donors (Lipinski definition) is 1. The first-order valence-electron chi connectivity index (χ1n) is 12.9. The summed E-state index contributed by atoms with van der Waals surface area (Å²) in [6.07, 6.45) is 4.88. The summed E-state index contributed by atoms with van der Waals surface area (Å²) in [4.78, 5) is 4.60. The molecule has 1 aliphatic rings. The van der Waals surface area contributed by atoms with E-state index in [0.717, 1.165) is 17.4 Å². The molecule has 1 fully saturated rings. The molecule has 10 heteroatoms. The van der Waals surface area contributed by atoms with E-state index in [4.69, 9.17) is 32.4 Å². The van der Waals surface area contributed by atoms with Gasteiger partial charge in [0.25, 0.3) is 0 Å². The van der Waals surface area contributed by atoms with Crippen LogP contribution in [0, 0.1) is 5.82 Å². The summed E-state index contributed by atoms with van der Waals surface area (Å²) in [5.74, 6) is 0.692. The van der Waals surface area contributed by atoms with Crippen molar-refractivity contribution in [2.24, 2.45) is 0 Å². The molecule has 2 atom stereocenters. The van der Waals surface area contributed by atoms with E-state index < -0.39 is 21.3 Å². The number of para-hydroxylation sites is 1. The van der Waals surface area contributed by atoms with Crippen molar-refractivity contribution in [1.82, 2.24) is 9.71 Å². The quantitative estimate of drug-likeness (QED) is 0.197. The van der Waals surface area contributed by atoms with Gasteiger partial charge in [-0.25, -0.2) is 22.5 Å². The molecule has 0 aliphatic heterocycles. The maximum atomic E-state index is 15.3. The third-order valence-electron chi connectivity index (χ3n) is 7.19. The number of rotatable bonds is 10. The molecule has 1 saturated carbocycles. The number of sulfonamides is 1. The molecule has 0 unspecified atom stereocenters. The highest BCUT2D eigenvalue weighted by atomic mass is 35.5. The Kier molecular flexibility index (Phi) is 8.52. The van der Waals surface area contributed by atoms with E-state index in [1.165, 1.54) is 12.3 Å². The molecule has 1 aliphatic carbocycles. The van der Waals surface area contributed by atoms with Crippen LogP contribution in [0.4, 0.5) is 4.39 Å². The minimum Gasteiger partial charge on any atom is -0.487 e. The van der Waals surface area contributed by atoms with Gasteiger partial charge in [-0.15, -0.1) is 11.6 Å². The van der Waals surface area contributed by atoms with Gasteiger partial charge in [0.05, 0.1) is 28.3 Å². The number of hydrogen-bond acceptors (Lipinski definition) is 5. The molecule has 4 aromatic rings. The monoisotopic (exact) mass is 602 g/mol. The van der Waals surface area contributed by atoms with Gasteiger partial charge >= 0.3 is 0 Å². The maximum absolute atomic E-state index is 15.3. The first kappa shape index (κ1) is 28.6. The minimum atomic E-state index is -3.39. The van der Waals surface area contributed by atoms with Gasteiger partial charge in [0.1, 0.15) is 24.4 Å². The molecule has 0 radical (unpaired) electrons. The normalized spacial score (nSPS) is 19.1. The van der Waals surface area contributed by atoms with Crippen molar-refractivity contribution in [3.05, 3.63) is 107 Å². The lowest BCUT2D eigenvalue weighted by molar-refractivity contribution is 0.307. The van der Waals surface area contributed by atoms with Gasteiger partial charge in [-0.1, -0.05) is 60.1 Å². The molecule has 5 rings (SSSR count). The van der Waals surface area contributed by atoms with E-state index in [1.54, 1.807) is 30.3 Å². The topological polar surface area (TPSA) is 81.4 Å². The Labute approximate surface area is 243 Å². The van der Waals surface area contributed by atoms with Crippen molar-refractivity contribution in [1.29, 1.82) is 0 Å². The Hall–Kier alpha value is -2.91. The van der Waals surface area contributed by atoms with Crippen LogP contribution in [0.3, 0.4) is 0 Å². The van der Waals surface area contributed by atoms with Crippen LogP contribution in [0.15, 0.2) is 77.4 Å². The van der Waals surface area contributed by atoms with E-state index in [9.17, 15) is 8.42 Å². The predicted octanol–water partition coefficient (Wildman–Crippen LogP) is 7.03. The maximum Gasteiger partial charge on any atom is 0.208 e. The van der Waals surface area contributed by atoms with Crippen LogP contribution in [0.25, 0.3) is 11.1 Å². The Bertz CT molecular complexity index is 1600. The van der Waals surface area contributed by atoms with E-state index in [1.807, 2.05) is 30.3 Å². The number of ether oxygens (including phenoxy) is 1. The van der Waals surface area contributed by atoms with Crippen molar-refractivity contribution >= 4 is 33.2 Å². The second-order valence-electron chi connectivity index (χ2n) is 10.3. The summed E-state index contributed by atoms with van der Waals surface area (Å²) in [5, 5.41) is 0.383. The second kappa shape index (κ2) is 11.9. The highest BCUT2D eigenvalue weighted by molar-refractivity contribution is 7.88. The number of oxazole rings is 1. The smallest absolute Gasteiger partial charge is 0.208 e. The average molecular weight is 604 g/mol. The summed E-state index contributed by atoms with van der Waals surface area (Å²) >= 11 is 12.5. The fraction of sp³-hybridized carbons (Fsp3) is 0.300. The van der Waals surface area contributed by atoms with Gasteiger partial charge in [0.15, 0.2) is 0 Å². The lowest BCUT2D eigenvalue weighted by Gasteiger charge is -2.26. The zero-order chi connectivity index (χ0) is 28.3. The van der Waals surface area contributed by atoms with Crippen molar-refractivity contribution in [2.75, 3.05) is 6.26 Å². The van der Waals surface area contributed by atoms with Crippen LogP contribution in [0.2, 0.25) is 5.02 Å². The van der Waals surface area contributed by atoms with Gasteiger partial charge in [0, 0.05) is 17.2 Å². The lowest BCUT2D eigenvalue weighted by atomic mass is 9.79. The van der Waals surface area contributed by atoms with Crippen LogP contribution in [0.1, 0.15) is 42.0 Å². The Morgan fingerprint density at radius 3 is 2.62 bits per heavy atom. The third-order valence-corrected chi connectivity index (χ3v) is 8.52. The molecule has 40 heavy (non-hydrogen) atoms. The predicted molar refractivity (Wildman–Crippen MR) is 155 cm³/mol. The van der Waals surface area contributed by atoms with E-state index in [-0.39, 0.29) is 18.5 Å². The first-order valence-corrected chi connectivity index (χ1v) is 15.7. The Morgan fingerprint density at radius 2 is 1.90 bits per heavy atom.